The van der Waals surface area contributed by atoms with Crippen LogP contribution >= 0.6 is 11.3 Å². The number of carbonyl (C=O) groups excluding carboxylic acids is 1. The fraction of sp³-hybridized carbons (Fsp3) is 0.222. The summed E-state index contributed by atoms with van der Waals surface area (Å²) in [4.78, 5) is 26.4. The minimum Gasteiger partial charge on any atom is -0.395 e. The summed E-state index contributed by atoms with van der Waals surface area (Å²) >= 11 is 1.28. The first-order chi connectivity index (χ1) is 12.5. The third-order valence-corrected chi connectivity index (χ3v) is 4.87. The van der Waals surface area contributed by atoms with Crippen molar-refractivity contribution in [2.45, 2.75) is 26.2 Å². The van der Waals surface area contributed by atoms with Gasteiger partial charge in [0.15, 0.2) is 10.9 Å². The highest BCUT2D eigenvalue weighted by molar-refractivity contribution is 7.14. The van der Waals surface area contributed by atoms with Crippen LogP contribution in [-0.4, -0.2) is 15.8 Å². The molecule has 2 aromatic heterocycles. The maximum Gasteiger partial charge on any atom is 0.433 e. The number of anilines is 1. The molecule has 0 aliphatic heterocycles. The molecule has 0 spiro atoms. The highest BCUT2D eigenvalue weighted by atomic mass is 32.1. The third kappa shape index (κ3) is 3.80. The summed E-state index contributed by atoms with van der Waals surface area (Å²) in [5.41, 5.74) is 2.99. The van der Waals surface area contributed by atoms with Crippen molar-refractivity contribution in [1.82, 2.24) is 4.98 Å². The lowest BCUT2D eigenvalue weighted by Crippen LogP contribution is -2.10. The van der Waals surface area contributed by atoms with Crippen molar-refractivity contribution in [3.63, 3.8) is 0 Å². The van der Waals surface area contributed by atoms with E-state index in [2.05, 4.69) is 36.3 Å². The van der Waals surface area contributed by atoms with Gasteiger partial charge in [-0.15, -0.1) is 11.3 Å². The van der Waals surface area contributed by atoms with Gasteiger partial charge in [-0.1, -0.05) is 38.1 Å². The van der Waals surface area contributed by atoms with Crippen molar-refractivity contribution >= 4 is 28.3 Å². The van der Waals surface area contributed by atoms with E-state index in [4.69, 9.17) is 4.42 Å². The molecule has 1 amide bonds. The topological polar surface area (TPSA) is 98.3 Å². The minimum atomic E-state index is -0.693. The number of aromatic nitrogens is 1. The van der Waals surface area contributed by atoms with Crippen molar-refractivity contribution in [2.24, 2.45) is 0 Å². The SMILES string of the molecule is CCC(C)c1ccc(-c2csc(NC(=O)c3ccc([N+](=O)[O-])o3)n2)cc1. The second-order valence-corrected chi connectivity index (χ2v) is 6.68. The second kappa shape index (κ2) is 7.49. The Bertz CT molecular complexity index is 930. The number of benzene rings is 1. The summed E-state index contributed by atoms with van der Waals surface area (Å²) in [5.74, 6) is -0.680. The molecule has 0 radical (unpaired) electrons. The molecule has 1 aromatic carbocycles. The summed E-state index contributed by atoms with van der Waals surface area (Å²) < 4.78 is 4.88. The Morgan fingerprint density at radius 1 is 1.31 bits per heavy atom. The Labute approximate surface area is 153 Å². The van der Waals surface area contributed by atoms with Gasteiger partial charge < -0.3 is 4.42 Å². The highest BCUT2D eigenvalue weighted by Gasteiger charge is 2.18. The highest BCUT2D eigenvalue weighted by Crippen LogP contribution is 2.27. The molecule has 2 heterocycles. The number of amides is 1. The normalized spacial score (nSPS) is 11.9. The Kier molecular flexibility index (Phi) is 5.13. The molecule has 0 aliphatic rings. The molecule has 0 aliphatic carbocycles. The zero-order valence-corrected chi connectivity index (χ0v) is 15.1. The first-order valence-electron chi connectivity index (χ1n) is 8.09. The van der Waals surface area contributed by atoms with Gasteiger partial charge in [0, 0.05) is 10.9 Å². The van der Waals surface area contributed by atoms with E-state index in [9.17, 15) is 14.9 Å². The molecule has 1 unspecified atom stereocenters. The van der Waals surface area contributed by atoms with E-state index >= 15 is 0 Å². The van der Waals surface area contributed by atoms with Crippen molar-refractivity contribution in [2.75, 3.05) is 5.32 Å². The van der Waals surface area contributed by atoms with E-state index in [1.165, 1.54) is 23.0 Å². The van der Waals surface area contributed by atoms with Gasteiger partial charge in [-0.05, 0) is 24.0 Å². The lowest BCUT2D eigenvalue weighted by Gasteiger charge is -2.08. The lowest BCUT2D eigenvalue weighted by atomic mass is 9.97. The van der Waals surface area contributed by atoms with Crippen LogP contribution in [-0.2, 0) is 0 Å². The lowest BCUT2D eigenvalue weighted by molar-refractivity contribution is -0.402. The molecule has 1 N–H and O–H groups in total. The summed E-state index contributed by atoms with van der Waals surface area (Å²) in [6, 6.07) is 10.6. The fourth-order valence-electron chi connectivity index (χ4n) is 2.39. The Morgan fingerprint density at radius 3 is 2.65 bits per heavy atom. The zero-order valence-electron chi connectivity index (χ0n) is 14.3. The predicted octanol–water partition coefficient (Wildman–Crippen LogP) is 5.08. The van der Waals surface area contributed by atoms with Crippen LogP contribution in [0.25, 0.3) is 11.3 Å². The van der Waals surface area contributed by atoms with Gasteiger partial charge >= 0.3 is 5.88 Å². The molecule has 0 bridgehead atoms. The number of rotatable bonds is 6. The van der Waals surface area contributed by atoms with E-state index in [0.717, 1.165) is 23.7 Å². The summed E-state index contributed by atoms with van der Waals surface area (Å²) in [7, 11) is 0. The Balaban J connectivity index is 1.71. The largest absolute Gasteiger partial charge is 0.433 e. The molecule has 8 heteroatoms. The predicted molar refractivity (Wildman–Crippen MR) is 99.6 cm³/mol. The number of thiazole rings is 1. The summed E-state index contributed by atoms with van der Waals surface area (Å²) in [5, 5.41) is 15.4. The molecule has 134 valence electrons. The van der Waals surface area contributed by atoms with E-state index in [1.54, 1.807) is 0 Å². The van der Waals surface area contributed by atoms with Crippen molar-refractivity contribution < 1.29 is 14.1 Å². The molecule has 7 nitrogen and oxygen atoms in total. The van der Waals surface area contributed by atoms with Crippen LogP contribution in [0.3, 0.4) is 0 Å². The number of furan rings is 1. The van der Waals surface area contributed by atoms with E-state index in [0.29, 0.717) is 11.0 Å². The van der Waals surface area contributed by atoms with E-state index < -0.39 is 16.7 Å². The van der Waals surface area contributed by atoms with Gasteiger partial charge in [-0.25, -0.2) is 4.98 Å². The maximum absolute atomic E-state index is 12.1. The van der Waals surface area contributed by atoms with Crippen LogP contribution in [0.15, 0.2) is 46.2 Å². The molecule has 1 atom stereocenters. The van der Waals surface area contributed by atoms with Crippen LogP contribution in [0.1, 0.15) is 42.3 Å². The van der Waals surface area contributed by atoms with Gasteiger partial charge in [-0.2, -0.15) is 0 Å². The van der Waals surface area contributed by atoms with E-state index in [-0.39, 0.29) is 5.76 Å². The monoisotopic (exact) mass is 371 g/mol. The van der Waals surface area contributed by atoms with Crippen molar-refractivity contribution in [3.8, 4) is 11.3 Å². The third-order valence-electron chi connectivity index (χ3n) is 4.11. The van der Waals surface area contributed by atoms with Gasteiger partial charge in [0.2, 0.25) is 0 Å². The van der Waals surface area contributed by atoms with E-state index in [1.807, 2.05) is 17.5 Å². The number of hydrogen-bond acceptors (Lipinski definition) is 6. The van der Waals surface area contributed by atoms with Crippen molar-refractivity contribution in [3.05, 3.63) is 63.2 Å². The fourth-order valence-corrected chi connectivity index (χ4v) is 3.10. The maximum atomic E-state index is 12.1. The Hall–Kier alpha value is -3.00. The second-order valence-electron chi connectivity index (χ2n) is 5.82. The number of nitrogens with zero attached hydrogens (tertiary/aromatic N) is 2. The smallest absolute Gasteiger partial charge is 0.395 e. The van der Waals surface area contributed by atoms with Crippen LogP contribution in [0.4, 0.5) is 11.0 Å². The first-order valence-corrected chi connectivity index (χ1v) is 8.97. The summed E-state index contributed by atoms with van der Waals surface area (Å²) in [6.07, 6.45) is 1.08. The summed E-state index contributed by atoms with van der Waals surface area (Å²) in [6.45, 7) is 4.34. The van der Waals surface area contributed by atoms with Gasteiger partial charge in [0.05, 0.1) is 11.8 Å². The number of hydrogen-bond donors (Lipinski definition) is 1. The van der Waals surface area contributed by atoms with Gasteiger partial charge in [0.1, 0.15) is 4.92 Å². The van der Waals surface area contributed by atoms with Crippen LogP contribution in [0, 0.1) is 10.1 Å². The molecule has 0 fully saturated rings. The van der Waals surface area contributed by atoms with Crippen LogP contribution in [0.2, 0.25) is 0 Å². The van der Waals surface area contributed by atoms with Crippen LogP contribution < -0.4 is 5.32 Å². The first kappa shape index (κ1) is 17.8. The molecule has 26 heavy (non-hydrogen) atoms. The minimum absolute atomic E-state index is 0.133. The van der Waals surface area contributed by atoms with Crippen LogP contribution in [0.5, 0.6) is 0 Å². The number of nitro groups is 1. The molecule has 0 saturated carbocycles. The number of carbonyl (C=O) groups is 1. The molecular weight excluding hydrogens is 354 g/mol. The molecular formula is C18H17N3O4S. The Morgan fingerprint density at radius 2 is 2.04 bits per heavy atom. The number of nitrogens with one attached hydrogen (secondary N) is 1. The molecule has 3 aromatic rings. The quantitative estimate of drug-likeness (QED) is 0.481. The molecule has 3 rings (SSSR count). The standard InChI is InChI=1S/C18H17N3O4S/c1-3-11(2)12-4-6-13(7-5-12)14-10-26-18(19-14)20-17(22)15-8-9-16(25-15)21(23)24/h4-11H,3H2,1-2H3,(H,19,20,22). The van der Waals surface area contributed by atoms with Gasteiger partial charge in [0.25, 0.3) is 5.91 Å². The zero-order chi connectivity index (χ0) is 18.7. The van der Waals surface area contributed by atoms with Gasteiger partial charge in [-0.3, -0.25) is 20.2 Å². The molecule has 0 saturated heterocycles. The average molecular weight is 371 g/mol. The van der Waals surface area contributed by atoms with Crippen molar-refractivity contribution in [1.29, 1.82) is 0 Å². The average Bonchev–Trinajstić information content (AvgIpc) is 3.31.